The van der Waals surface area contributed by atoms with Gasteiger partial charge < -0.3 is 5.32 Å². The summed E-state index contributed by atoms with van der Waals surface area (Å²) in [6.45, 7) is 0.630. The standard InChI is InChI=1S/C16H15F4N3O4S/c1-8-4-10(17)11(5-12(8)28(27)7-16(18,19)20)23-13(24)6-22(15(23)26)14(25)21-9-2-3-9/h4-5,9H,2-3,6-7H2,1H3,(H,21,25). The second-order valence-electron chi connectivity index (χ2n) is 6.50. The van der Waals surface area contributed by atoms with E-state index in [2.05, 4.69) is 5.32 Å². The fourth-order valence-corrected chi connectivity index (χ4v) is 3.78. The molecule has 1 unspecified atom stereocenters. The Morgan fingerprint density at radius 1 is 1.29 bits per heavy atom. The summed E-state index contributed by atoms with van der Waals surface area (Å²) in [6, 6.07) is -0.441. The number of amides is 5. The van der Waals surface area contributed by atoms with Crippen molar-refractivity contribution >= 4 is 34.5 Å². The molecule has 1 saturated heterocycles. The third-order valence-electron chi connectivity index (χ3n) is 4.14. The predicted molar refractivity (Wildman–Crippen MR) is 89.6 cm³/mol. The molecule has 0 spiro atoms. The van der Waals surface area contributed by atoms with Crippen LogP contribution < -0.4 is 10.2 Å². The van der Waals surface area contributed by atoms with Crippen molar-refractivity contribution in [3.05, 3.63) is 23.5 Å². The van der Waals surface area contributed by atoms with E-state index in [0.717, 1.165) is 25.0 Å². The van der Waals surface area contributed by atoms with Crippen LogP contribution >= 0.6 is 0 Å². The molecule has 0 aromatic heterocycles. The zero-order valence-electron chi connectivity index (χ0n) is 14.5. The number of hydrogen-bond donors (Lipinski definition) is 1. The van der Waals surface area contributed by atoms with Crippen LogP contribution in [-0.4, -0.2) is 51.6 Å². The van der Waals surface area contributed by atoms with E-state index >= 15 is 0 Å². The van der Waals surface area contributed by atoms with Crippen LogP contribution in [0, 0.1) is 12.7 Å². The third-order valence-corrected chi connectivity index (χ3v) is 5.66. The number of imide groups is 2. The quantitative estimate of drug-likeness (QED) is 0.598. The first-order valence-corrected chi connectivity index (χ1v) is 9.50. The highest BCUT2D eigenvalue weighted by atomic mass is 32.2. The van der Waals surface area contributed by atoms with Crippen LogP contribution in [0.4, 0.5) is 32.8 Å². The minimum Gasteiger partial charge on any atom is -0.335 e. The van der Waals surface area contributed by atoms with Crippen molar-refractivity contribution in [2.45, 2.75) is 36.9 Å². The molecule has 1 heterocycles. The zero-order chi connectivity index (χ0) is 20.8. The Morgan fingerprint density at radius 3 is 2.50 bits per heavy atom. The number of rotatable bonds is 4. The molecule has 1 saturated carbocycles. The molecule has 1 aliphatic carbocycles. The summed E-state index contributed by atoms with van der Waals surface area (Å²) in [7, 11) is -2.56. The maximum absolute atomic E-state index is 14.4. The zero-order valence-corrected chi connectivity index (χ0v) is 15.3. The van der Waals surface area contributed by atoms with Gasteiger partial charge in [0.1, 0.15) is 18.1 Å². The van der Waals surface area contributed by atoms with E-state index in [1.807, 2.05) is 0 Å². The number of carbonyl (C=O) groups is 3. The van der Waals surface area contributed by atoms with Crippen LogP contribution in [0.15, 0.2) is 17.0 Å². The molecule has 28 heavy (non-hydrogen) atoms. The first kappa shape index (κ1) is 20.2. The van der Waals surface area contributed by atoms with Gasteiger partial charge in [0.05, 0.1) is 16.5 Å². The van der Waals surface area contributed by atoms with Gasteiger partial charge in [-0.3, -0.25) is 9.00 Å². The van der Waals surface area contributed by atoms with Crippen molar-refractivity contribution in [2.75, 3.05) is 17.2 Å². The highest BCUT2D eigenvalue weighted by Gasteiger charge is 2.43. The minimum atomic E-state index is -4.72. The summed E-state index contributed by atoms with van der Waals surface area (Å²) >= 11 is 0. The van der Waals surface area contributed by atoms with Gasteiger partial charge in [0.2, 0.25) is 0 Å². The number of nitrogens with one attached hydrogen (secondary N) is 1. The molecular formula is C16H15F4N3O4S. The number of hydrogen-bond acceptors (Lipinski definition) is 4. The van der Waals surface area contributed by atoms with Crippen LogP contribution in [-0.2, 0) is 15.6 Å². The van der Waals surface area contributed by atoms with Gasteiger partial charge in [-0.1, -0.05) is 0 Å². The van der Waals surface area contributed by atoms with E-state index in [1.165, 1.54) is 6.92 Å². The largest absolute Gasteiger partial charge is 0.400 e. The lowest BCUT2D eigenvalue weighted by Crippen LogP contribution is -2.43. The average molecular weight is 421 g/mol. The van der Waals surface area contributed by atoms with E-state index in [0.29, 0.717) is 9.80 Å². The Hall–Kier alpha value is -2.50. The number of aryl methyl sites for hydroxylation is 1. The van der Waals surface area contributed by atoms with Crippen LogP contribution in [0.2, 0.25) is 0 Å². The number of benzene rings is 1. The fraction of sp³-hybridized carbons (Fsp3) is 0.438. The highest BCUT2D eigenvalue weighted by Crippen LogP contribution is 2.31. The molecule has 1 atom stereocenters. The second-order valence-corrected chi connectivity index (χ2v) is 7.92. The van der Waals surface area contributed by atoms with Gasteiger partial charge in [0.25, 0.3) is 5.91 Å². The Balaban J connectivity index is 1.90. The maximum atomic E-state index is 14.4. The average Bonchev–Trinajstić information content (AvgIpc) is 3.31. The number of anilines is 1. The SMILES string of the molecule is Cc1cc(F)c(N2C(=O)CN(C(=O)NC3CC3)C2=O)cc1S(=O)CC(F)(F)F. The molecule has 2 fully saturated rings. The van der Waals surface area contributed by atoms with Crippen molar-refractivity contribution in [1.82, 2.24) is 10.2 Å². The summed E-state index contributed by atoms with van der Waals surface area (Å²) in [5.41, 5.74) is -0.667. The maximum Gasteiger partial charge on any atom is 0.400 e. The number of halogens is 4. The van der Waals surface area contributed by atoms with Crippen molar-refractivity contribution in [3.8, 4) is 0 Å². The second kappa shape index (κ2) is 7.15. The van der Waals surface area contributed by atoms with Gasteiger partial charge >= 0.3 is 18.2 Å². The smallest absolute Gasteiger partial charge is 0.335 e. The van der Waals surface area contributed by atoms with Gasteiger partial charge in [0, 0.05) is 10.9 Å². The van der Waals surface area contributed by atoms with Crippen molar-refractivity contribution in [2.24, 2.45) is 0 Å². The van der Waals surface area contributed by atoms with Crippen LogP contribution in [0.25, 0.3) is 0 Å². The van der Waals surface area contributed by atoms with Crippen molar-refractivity contribution in [3.63, 3.8) is 0 Å². The minimum absolute atomic E-state index is 0.0220. The van der Waals surface area contributed by atoms with Gasteiger partial charge in [-0.05, 0) is 37.5 Å². The first-order chi connectivity index (χ1) is 13.0. The van der Waals surface area contributed by atoms with E-state index in [1.54, 1.807) is 0 Å². The van der Waals surface area contributed by atoms with E-state index in [-0.39, 0.29) is 16.5 Å². The molecule has 7 nitrogen and oxygen atoms in total. The summed E-state index contributed by atoms with van der Waals surface area (Å²) in [5, 5.41) is 2.52. The monoisotopic (exact) mass is 421 g/mol. The molecule has 152 valence electrons. The lowest BCUT2D eigenvalue weighted by atomic mass is 10.2. The normalized spacial score (nSPS) is 18.6. The number of urea groups is 2. The Morgan fingerprint density at radius 2 is 1.93 bits per heavy atom. The molecule has 2 aliphatic rings. The Bertz CT molecular complexity index is 885. The summed E-state index contributed by atoms with van der Waals surface area (Å²) in [6.07, 6.45) is -3.23. The van der Waals surface area contributed by atoms with Gasteiger partial charge in [-0.2, -0.15) is 13.2 Å². The summed E-state index contributed by atoms with van der Waals surface area (Å²) < 4.78 is 64.0. The van der Waals surface area contributed by atoms with Gasteiger partial charge in [0.15, 0.2) is 0 Å². The Labute approximate surface area is 159 Å². The number of carbonyl (C=O) groups excluding carboxylic acids is 3. The molecule has 1 aromatic carbocycles. The molecule has 1 N–H and O–H groups in total. The summed E-state index contributed by atoms with van der Waals surface area (Å²) in [4.78, 5) is 37.3. The van der Waals surface area contributed by atoms with Gasteiger partial charge in [-0.25, -0.2) is 23.8 Å². The molecular weight excluding hydrogens is 406 g/mol. The van der Waals surface area contributed by atoms with E-state index in [9.17, 15) is 36.2 Å². The molecule has 0 bridgehead atoms. The highest BCUT2D eigenvalue weighted by molar-refractivity contribution is 7.85. The van der Waals surface area contributed by atoms with Crippen LogP contribution in [0.5, 0.6) is 0 Å². The van der Waals surface area contributed by atoms with Crippen molar-refractivity contribution < 1.29 is 36.2 Å². The lowest BCUT2D eigenvalue weighted by Gasteiger charge is -2.18. The predicted octanol–water partition coefficient (Wildman–Crippen LogP) is 2.44. The third kappa shape index (κ3) is 4.16. The molecule has 3 rings (SSSR count). The number of nitrogens with zero attached hydrogens (tertiary/aromatic N) is 2. The van der Waals surface area contributed by atoms with E-state index < -0.39 is 58.7 Å². The Kier molecular flexibility index (Phi) is 5.17. The topological polar surface area (TPSA) is 86.8 Å². The van der Waals surface area contributed by atoms with Crippen LogP contribution in [0.3, 0.4) is 0 Å². The first-order valence-electron chi connectivity index (χ1n) is 8.18. The molecule has 0 radical (unpaired) electrons. The fourth-order valence-electron chi connectivity index (χ4n) is 2.66. The molecule has 1 aliphatic heterocycles. The van der Waals surface area contributed by atoms with E-state index in [4.69, 9.17) is 0 Å². The number of alkyl halides is 3. The lowest BCUT2D eigenvalue weighted by molar-refractivity contribution is -0.116. The van der Waals surface area contributed by atoms with Crippen molar-refractivity contribution in [1.29, 1.82) is 0 Å². The van der Waals surface area contributed by atoms with Gasteiger partial charge in [-0.15, -0.1) is 0 Å². The molecule has 5 amide bonds. The molecule has 1 aromatic rings. The van der Waals surface area contributed by atoms with Crippen LogP contribution in [0.1, 0.15) is 18.4 Å². The summed E-state index contributed by atoms with van der Waals surface area (Å²) in [5.74, 6) is -3.64. The molecule has 12 heteroatoms.